The molecule has 0 amide bonds. The van der Waals surface area contributed by atoms with Crippen LogP contribution in [0.2, 0.25) is 0 Å². The Balaban J connectivity index is 1.84. The van der Waals surface area contributed by atoms with Crippen molar-refractivity contribution in [3.63, 3.8) is 0 Å². The lowest BCUT2D eigenvalue weighted by Gasteiger charge is -2.15. The second-order valence-corrected chi connectivity index (χ2v) is 4.21. The van der Waals surface area contributed by atoms with E-state index in [1.54, 1.807) is 6.07 Å². The van der Waals surface area contributed by atoms with E-state index in [9.17, 15) is 4.39 Å². The molecule has 1 aliphatic rings. The van der Waals surface area contributed by atoms with Crippen molar-refractivity contribution in [1.82, 2.24) is 5.32 Å². The molecule has 0 radical (unpaired) electrons. The van der Waals surface area contributed by atoms with Gasteiger partial charge in [0.2, 0.25) is 0 Å². The molecule has 1 atom stereocenters. The summed E-state index contributed by atoms with van der Waals surface area (Å²) in [5.41, 5.74) is 0.743. The third-order valence-corrected chi connectivity index (χ3v) is 2.99. The highest BCUT2D eigenvalue weighted by atomic mass is 19.1. The Kier molecular flexibility index (Phi) is 4.31. The van der Waals surface area contributed by atoms with E-state index in [0.29, 0.717) is 12.6 Å². The molecule has 0 aromatic heterocycles. The lowest BCUT2D eigenvalue weighted by atomic mass is 10.1. The monoisotopic (exact) mass is 223 g/mol. The summed E-state index contributed by atoms with van der Waals surface area (Å²) in [6, 6.07) is 7.39. The van der Waals surface area contributed by atoms with Crippen molar-refractivity contribution in [1.29, 1.82) is 0 Å². The zero-order valence-corrected chi connectivity index (χ0v) is 9.42. The number of benzene rings is 1. The Labute approximate surface area is 95.8 Å². The SMILES string of the molecule is Fc1ccccc1CN[C@H]1CCCOCC1. The summed E-state index contributed by atoms with van der Waals surface area (Å²) < 4.78 is 18.7. The minimum absolute atomic E-state index is 0.125. The summed E-state index contributed by atoms with van der Waals surface area (Å²) in [4.78, 5) is 0. The summed E-state index contributed by atoms with van der Waals surface area (Å²) in [5.74, 6) is -0.125. The van der Waals surface area contributed by atoms with Crippen molar-refractivity contribution in [2.75, 3.05) is 13.2 Å². The van der Waals surface area contributed by atoms with Gasteiger partial charge in [0.15, 0.2) is 0 Å². The van der Waals surface area contributed by atoms with Gasteiger partial charge in [-0.15, -0.1) is 0 Å². The highest BCUT2D eigenvalue weighted by Crippen LogP contribution is 2.11. The van der Waals surface area contributed by atoms with Gasteiger partial charge in [0.1, 0.15) is 5.82 Å². The highest BCUT2D eigenvalue weighted by Gasteiger charge is 2.12. The van der Waals surface area contributed by atoms with Crippen molar-refractivity contribution < 1.29 is 9.13 Å². The Morgan fingerprint density at radius 2 is 2.12 bits per heavy atom. The quantitative estimate of drug-likeness (QED) is 0.850. The third kappa shape index (κ3) is 3.29. The van der Waals surface area contributed by atoms with Crippen LogP contribution in [0, 0.1) is 5.82 Å². The average molecular weight is 223 g/mol. The van der Waals surface area contributed by atoms with E-state index in [4.69, 9.17) is 4.74 Å². The van der Waals surface area contributed by atoms with Gasteiger partial charge in [0.05, 0.1) is 0 Å². The highest BCUT2D eigenvalue weighted by molar-refractivity contribution is 5.17. The van der Waals surface area contributed by atoms with Crippen molar-refractivity contribution in [3.05, 3.63) is 35.6 Å². The standard InChI is InChI=1S/C13H18FNO/c14-13-6-2-1-4-11(13)10-15-12-5-3-8-16-9-7-12/h1-2,4,6,12,15H,3,5,7-10H2/t12-/m0/s1. The van der Waals surface area contributed by atoms with Crippen LogP contribution in [0.5, 0.6) is 0 Å². The van der Waals surface area contributed by atoms with Gasteiger partial charge in [-0.25, -0.2) is 4.39 Å². The zero-order chi connectivity index (χ0) is 11.2. The van der Waals surface area contributed by atoms with E-state index in [1.807, 2.05) is 12.1 Å². The molecule has 1 aliphatic heterocycles. The summed E-state index contributed by atoms with van der Waals surface area (Å²) in [5, 5.41) is 3.40. The second kappa shape index (κ2) is 5.97. The van der Waals surface area contributed by atoms with Gasteiger partial charge >= 0.3 is 0 Å². The molecule has 0 spiro atoms. The van der Waals surface area contributed by atoms with E-state index in [-0.39, 0.29) is 5.82 Å². The van der Waals surface area contributed by atoms with Crippen LogP contribution in [0.4, 0.5) is 4.39 Å². The first-order chi connectivity index (χ1) is 7.86. The first-order valence-corrected chi connectivity index (χ1v) is 5.91. The molecule has 1 aromatic carbocycles. The van der Waals surface area contributed by atoms with Crippen molar-refractivity contribution in [2.45, 2.75) is 31.8 Å². The van der Waals surface area contributed by atoms with Crippen LogP contribution in [-0.4, -0.2) is 19.3 Å². The molecule has 0 saturated carbocycles. The Bertz CT molecular complexity index is 321. The molecule has 3 heteroatoms. The Morgan fingerprint density at radius 3 is 3.00 bits per heavy atom. The molecule has 1 saturated heterocycles. The van der Waals surface area contributed by atoms with Gasteiger partial charge in [-0.1, -0.05) is 18.2 Å². The fourth-order valence-electron chi connectivity index (χ4n) is 2.00. The summed E-state index contributed by atoms with van der Waals surface area (Å²) in [7, 11) is 0. The average Bonchev–Trinajstić information content (AvgIpc) is 2.56. The van der Waals surface area contributed by atoms with Crippen LogP contribution in [0.25, 0.3) is 0 Å². The first kappa shape index (κ1) is 11.6. The largest absolute Gasteiger partial charge is 0.381 e. The Hall–Kier alpha value is -0.930. The maximum absolute atomic E-state index is 13.4. The van der Waals surface area contributed by atoms with Crippen molar-refractivity contribution in [3.8, 4) is 0 Å². The molecule has 2 rings (SSSR count). The van der Waals surface area contributed by atoms with Crippen molar-refractivity contribution >= 4 is 0 Å². The summed E-state index contributed by atoms with van der Waals surface area (Å²) >= 11 is 0. The normalized spacial score (nSPS) is 21.7. The predicted molar refractivity (Wildman–Crippen MR) is 61.7 cm³/mol. The molecule has 1 heterocycles. The number of hydrogen-bond donors (Lipinski definition) is 1. The molecule has 88 valence electrons. The molecule has 1 fully saturated rings. The Morgan fingerprint density at radius 1 is 1.25 bits per heavy atom. The molecule has 0 bridgehead atoms. The van der Waals surface area contributed by atoms with E-state index in [1.165, 1.54) is 6.07 Å². The number of rotatable bonds is 3. The van der Waals surface area contributed by atoms with Gasteiger partial charge in [-0.2, -0.15) is 0 Å². The van der Waals surface area contributed by atoms with Crippen LogP contribution in [-0.2, 0) is 11.3 Å². The molecule has 0 aliphatic carbocycles. The first-order valence-electron chi connectivity index (χ1n) is 5.91. The fraction of sp³-hybridized carbons (Fsp3) is 0.538. The molecule has 1 aromatic rings. The molecule has 0 unspecified atom stereocenters. The summed E-state index contributed by atoms with van der Waals surface area (Å²) in [6.07, 6.45) is 3.23. The topological polar surface area (TPSA) is 21.3 Å². The lowest BCUT2D eigenvalue weighted by Crippen LogP contribution is -2.29. The van der Waals surface area contributed by atoms with E-state index < -0.39 is 0 Å². The third-order valence-electron chi connectivity index (χ3n) is 2.99. The fourth-order valence-corrected chi connectivity index (χ4v) is 2.00. The van der Waals surface area contributed by atoms with Crippen LogP contribution in [0.3, 0.4) is 0 Å². The van der Waals surface area contributed by atoms with Gasteiger partial charge in [-0.3, -0.25) is 0 Å². The predicted octanol–water partition coefficient (Wildman–Crippen LogP) is 2.48. The smallest absolute Gasteiger partial charge is 0.127 e. The minimum Gasteiger partial charge on any atom is -0.381 e. The number of halogens is 1. The van der Waals surface area contributed by atoms with Gasteiger partial charge in [0, 0.05) is 31.4 Å². The maximum atomic E-state index is 13.4. The van der Waals surface area contributed by atoms with E-state index in [0.717, 1.165) is 38.0 Å². The molecule has 16 heavy (non-hydrogen) atoms. The second-order valence-electron chi connectivity index (χ2n) is 4.21. The van der Waals surface area contributed by atoms with Gasteiger partial charge < -0.3 is 10.1 Å². The lowest BCUT2D eigenvalue weighted by molar-refractivity contribution is 0.142. The molecular weight excluding hydrogens is 205 g/mol. The van der Waals surface area contributed by atoms with E-state index in [2.05, 4.69) is 5.32 Å². The minimum atomic E-state index is -0.125. The van der Waals surface area contributed by atoms with Crippen LogP contribution >= 0.6 is 0 Å². The molecule has 2 nitrogen and oxygen atoms in total. The van der Waals surface area contributed by atoms with Gasteiger partial charge in [-0.05, 0) is 25.3 Å². The van der Waals surface area contributed by atoms with Crippen molar-refractivity contribution in [2.24, 2.45) is 0 Å². The number of ether oxygens (including phenoxy) is 1. The molecule has 1 N–H and O–H groups in total. The number of nitrogens with one attached hydrogen (secondary N) is 1. The summed E-state index contributed by atoms with van der Waals surface area (Å²) in [6.45, 7) is 2.28. The van der Waals surface area contributed by atoms with E-state index >= 15 is 0 Å². The molecular formula is C13H18FNO. The number of hydrogen-bond acceptors (Lipinski definition) is 2. The van der Waals surface area contributed by atoms with Crippen LogP contribution < -0.4 is 5.32 Å². The zero-order valence-electron chi connectivity index (χ0n) is 9.42. The van der Waals surface area contributed by atoms with Gasteiger partial charge in [0.25, 0.3) is 0 Å². The van der Waals surface area contributed by atoms with Crippen LogP contribution in [0.1, 0.15) is 24.8 Å². The maximum Gasteiger partial charge on any atom is 0.127 e. The van der Waals surface area contributed by atoms with Crippen LogP contribution in [0.15, 0.2) is 24.3 Å².